The molecule has 0 bridgehead atoms. The third-order valence-corrected chi connectivity index (χ3v) is 5.11. The normalized spacial score (nSPS) is 17.3. The van der Waals surface area contributed by atoms with Crippen LogP contribution >= 0.6 is 0 Å². The van der Waals surface area contributed by atoms with Crippen LogP contribution in [0.4, 0.5) is 0 Å². The van der Waals surface area contributed by atoms with Gasteiger partial charge in [-0.25, -0.2) is 14.8 Å². The molecule has 3 aromatic rings. The van der Waals surface area contributed by atoms with Gasteiger partial charge in [0.15, 0.2) is 0 Å². The van der Waals surface area contributed by atoms with E-state index in [4.69, 9.17) is 4.98 Å². The highest BCUT2D eigenvalue weighted by Crippen LogP contribution is 2.33. The zero-order valence-corrected chi connectivity index (χ0v) is 15.2. The second-order valence-corrected chi connectivity index (χ2v) is 6.97. The largest absolute Gasteiger partial charge is 0.478 e. The molecule has 0 aliphatic carbocycles. The van der Waals surface area contributed by atoms with Crippen molar-refractivity contribution >= 4 is 5.97 Å². The number of aromatic nitrogens is 3. The summed E-state index contributed by atoms with van der Waals surface area (Å²) < 4.78 is 1.97. The van der Waals surface area contributed by atoms with E-state index in [0.29, 0.717) is 5.56 Å². The second-order valence-electron chi connectivity index (χ2n) is 6.97. The van der Waals surface area contributed by atoms with Crippen molar-refractivity contribution in [3.05, 3.63) is 71.8 Å². The quantitative estimate of drug-likeness (QED) is 0.752. The minimum absolute atomic E-state index is 0.242. The van der Waals surface area contributed by atoms with Crippen LogP contribution in [-0.4, -0.2) is 37.1 Å². The average Bonchev–Trinajstić information content (AvgIpc) is 3.31. The summed E-state index contributed by atoms with van der Waals surface area (Å²) in [5, 5.41) is 9.21. The fourth-order valence-electron chi connectivity index (χ4n) is 3.77. The van der Waals surface area contributed by atoms with Crippen molar-refractivity contribution in [1.82, 2.24) is 19.4 Å². The van der Waals surface area contributed by atoms with Gasteiger partial charge in [-0.1, -0.05) is 18.2 Å². The Kier molecular flexibility index (Phi) is 4.73. The Bertz CT molecular complexity index is 966. The molecule has 0 amide bonds. The average molecular weight is 362 g/mol. The molecule has 3 heterocycles. The van der Waals surface area contributed by atoms with Crippen molar-refractivity contribution in [1.29, 1.82) is 0 Å². The van der Waals surface area contributed by atoms with Crippen molar-refractivity contribution in [2.24, 2.45) is 7.05 Å². The molecule has 1 aliphatic heterocycles. The van der Waals surface area contributed by atoms with Crippen LogP contribution in [0.5, 0.6) is 0 Å². The third-order valence-electron chi connectivity index (χ3n) is 5.11. The highest BCUT2D eigenvalue weighted by molar-refractivity contribution is 5.87. The van der Waals surface area contributed by atoms with Gasteiger partial charge in [0, 0.05) is 13.6 Å². The molecule has 6 heteroatoms. The lowest BCUT2D eigenvalue weighted by Gasteiger charge is -2.24. The molecular weight excluding hydrogens is 340 g/mol. The number of likely N-dealkylation sites (tertiary alicyclic amines) is 1. The molecule has 1 saturated heterocycles. The summed E-state index contributed by atoms with van der Waals surface area (Å²) in [5.74, 6) is -0.889. The van der Waals surface area contributed by atoms with Crippen molar-refractivity contribution in [2.75, 3.05) is 6.54 Å². The molecule has 0 radical (unpaired) electrons. The van der Waals surface area contributed by atoms with Gasteiger partial charge in [-0.3, -0.25) is 4.90 Å². The van der Waals surface area contributed by atoms with Gasteiger partial charge in [-0.2, -0.15) is 0 Å². The van der Waals surface area contributed by atoms with E-state index in [1.807, 2.05) is 42.1 Å². The van der Waals surface area contributed by atoms with Gasteiger partial charge in [0.2, 0.25) is 0 Å². The Morgan fingerprint density at radius 3 is 2.89 bits per heavy atom. The Morgan fingerprint density at radius 2 is 2.11 bits per heavy atom. The zero-order chi connectivity index (χ0) is 18.8. The highest BCUT2D eigenvalue weighted by Gasteiger charge is 2.27. The first kappa shape index (κ1) is 17.4. The van der Waals surface area contributed by atoms with Gasteiger partial charge in [0.25, 0.3) is 0 Å². The minimum Gasteiger partial charge on any atom is -0.478 e. The first-order chi connectivity index (χ1) is 13.1. The van der Waals surface area contributed by atoms with Crippen LogP contribution in [-0.2, 0) is 13.6 Å². The summed E-state index contributed by atoms with van der Waals surface area (Å²) in [6.07, 6.45) is 5.78. The van der Waals surface area contributed by atoms with Crippen molar-refractivity contribution < 1.29 is 9.90 Å². The van der Waals surface area contributed by atoms with E-state index in [0.717, 1.165) is 48.6 Å². The predicted octanol–water partition coefficient (Wildman–Crippen LogP) is 3.52. The summed E-state index contributed by atoms with van der Waals surface area (Å²) in [6.45, 7) is 1.71. The van der Waals surface area contributed by atoms with Gasteiger partial charge in [0.1, 0.15) is 0 Å². The number of hydrogen-bond donors (Lipinski definition) is 1. The first-order valence-electron chi connectivity index (χ1n) is 9.12. The molecular formula is C21H22N4O2. The SMILES string of the molecule is Cn1cncc1-c1cccc([C@H]2CCCN2Cc2cccc(C(=O)O)c2)n1. The van der Waals surface area contributed by atoms with E-state index in [9.17, 15) is 9.90 Å². The third kappa shape index (κ3) is 3.61. The van der Waals surface area contributed by atoms with Crippen molar-refractivity contribution in [3.63, 3.8) is 0 Å². The van der Waals surface area contributed by atoms with E-state index in [2.05, 4.69) is 16.0 Å². The van der Waals surface area contributed by atoms with Gasteiger partial charge in [0.05, 0.1) is 41.2 Å². The lowest BCUT2D eigenvalue weighted by Crippen LogP contribution is -2.23. The number of carboxylic acid groups (broad SMARTS) is 1. The summed E-state index contributed by atoms with van der Waals surface area (Å²) >= 11 is 0. The smallest absolute Gasteiger partial charge is 0.335 e. The van der Waals surface area contributed by atoms with E-state index in [1.54, 1.807) is 18.5 Å². The lowest BCUT2D eigenvalue weighted by molar-refractivity contribution is 0.0696. The van der Waals surface area contributed by atoms with E-state index < -0.39 is 5.97 Å². The van der Waals surface area contributed by atoms with Crippen LogP contribution in [0.3, 0.4) is 0 Å². The molecule has 6 nitrogen and oxygen atoms in total. The second kappa shape index (κ2) is 7.32. The molecule has 1 aliphatic rings. The molecule has 4 rings (SSSR count). The zero-order valence-electron chi connectivity index (χ0n) is 15.2. The van der Waals surface area contributed by atoms with Gasteiger partial charge in [-0.15, -0.1) is 0 Å². The number of carboxylic acids is 1. The molecule has 0 unspecified atom stereocenters. The fraction of sp³-hybridized carbons (Fsp3) is 0.286. The number of rotatable bonds is 5. The topological polar surface area (TPSA) is 71.2 Å². The van der Waals surface area contributed by atoms with Crippen LogP contribution in [0.25, 0.3) is 11.4 Å². The van der Waals surface area contributed by atoms with Crippen molar-refractivity contribution in [2.45, 2.75) is 25.4 Å². The van der Waals surface area contributed by atoms with Crippen LogP contribution in [0.2, 0.25) is 0 Å². The molecule has 1 atom stereocenters. The number of carbonyl (C=O) groups is 1. The van der Waals surface area contributed by atoms with Crippen molar-refractivity contribution in [3.8, 4) is 11.4 Å². The number of aromatic carboxylic acids is 1. The summed E-state index contributed by atoms with van der Waals surface area (Å²) in [5.41, 5.74) is 4.33. The molecule has 27 heavy (non-hydrogen) atoms. The van der Waals surface area contributed by atoms with Gasteiger partial charge in [-0.05, 0) is 49.2 Å². The summed E-state index contributed by atoms with van der Waals surface area (Å²) in [7, 11) is 1.97. The van der Waals surface area contributed by atoms with Crippen LogP contribution in [0, 0.1) is 0 Å². The predicted molar refractivity (Wildman–Crippen MR) is 102 cm³/mol. The molecule has 1 aromatic carbocycles. The molecule has 138 valence electrons. The number of benzene rings is 1. The Balaban J connectivity index is 1.58. The first-order valence-corrected chi connectivity index (χ1v) is 9.12. The monoisotopic (exact) mass is 362 g/mol. The number of imidazole rings is 1. The number of hydrogen-bond acceptors (Lipinski definition) is 4. The molecule has 1 N–H and O–H groups in total. The number of pyridine rings is 1. The van der Waals surface area contributed by atoms with Gasteiger partial charge >= 0.3 is 5.97 Å². The van der Waals surface area contributed by atoms with E-state index in [-0.39, 0.29) is 6.04 Å². The van der Waals surface area contributed by atoms with Crippen LogP contribution < -0.4 is 0 Å². The fourth-order valence-corrected chi connectivity index (χ4v) is 3.77. The standard InChI is InChI=1S/C21H22N4O2/c1-24-14-22-12-20(24)18-8-3-7-17(23-18)19-9-4-10-25(19)13-15-5-2-6-16(11-15)21(26)27/h2-3,5-8,11-12,14,19H,4,9-10,13H2,1H3,(H,26,27)/t19-/m1/s1. The maximum atomic E-state index is 11.2. The molecule has 2 aromatic heterocycles. The minimum atomic E-state index is -0.889. The number of nitrogens with zero attached hydrogens (tertiary/aromatic N) is 4. The molecule has 0 spiro atoms. The Hall–Kier alpha value is -2.99. The summed E-state index contributed by atoms with van der Waals surface area (Å²) in [4.78, 5) is 22.7. The van der Waals surface area contributed by atoms with Crippen LogP contribution in [0.1, 0.15) is 40.5 Å². The molecule has 0 saturated carbocycles. The van der Waals surface area contributed by atoms with Crippen LogP contribution in [0.15, 0.2) is 55.0 Å². The lowest BCUT2D eigenvalue weighted by atomic mass is 10.1. The molecule has 1 fully saturated rings. The number of aryl methyl sites for hydroxylation is 1. The Labute approximate surface area is 158 Å². The van der Waals surface area contributed by atoms with E-state index >= 15 is 0 Å². The summed E-state index contributed by atoms with van der Waals surface area (Å²) in [6, 6.07) is 13.6. The van der Waals surface area contributed by atoms with E-state index in [1.165, 1.54) is 0 Å². The maximum absolute atomic E-state index is 11.2. The van der Waals surface area contributed by atoms with Gasteiger partial charge < -0.3 is 9.67 Å². The Morgan fingerprint density at radius 1 is 1.26 bits per heavy atom. The maximum Gasteiger partial charge on any atom is 0.335 e. The highest BCUT2D eigenvalue weighted by atomic mass is 16.4.